The van der Waals surface area contributed by atoms with E-state index in [0.29, 0.717) is 27.2 Å². The topological polar surface area (TPSA) is 73.2 Å². The molecule has 0 aliphatic heterocycles. The second-order valence-electron chi connectivity index (χ2n) is 5.62. The lowest BCUT2D eigenvalue weighted by Crippen LogP contribution is -2.29. The zero-order valence-electron chi connectivity index (χ0n) is 14.3. The lowest BCUT2D eigenvalue weighted by molar-refractivity contribution is -0.117. The van der Waals surface area contributed by atoms with Gasteiger partial charge >= 0.3 is 0 Å². The van der Waals surface area contributed by atoms with E-state index in [9.17, 15) is 9.59 Å². The number of nitrogens with zero attached hydrogens (tertiary/aromatic N) is 2. The van der Waals surface area contributed by atoms with Crippen molar-refractivity contribution in [3.63, 3.8) is 0 Å². The van der Waals surface area contributed by atoms with E-state index in [1.54, 1.807) is 31.4 Å². The molecule has 0 spiro atoms. The molecule has 2 aromatic carbocycles. The third-order valence-electron chi connectivity index (χ3n) is 3.73. The van der Waals surface area contributed by atoms with Crippen LogP contribution in [0.4, 0.5) is 5.69 Å². The minimum Gasteiger partial charge on any atom is -0.497 e. The molecule has 0 aliphatic carbocycles. The summed E-state index contributed by atoms with van der Waals surface area (Å²) in [5.41, 5.74) is 1.28. The number of halogens is 2. The van der Waals surface area contributed by atoms with E-state index in [0.717, 1.165) is 10.2 Å². The van der Waals surface area contributed by atoms with Gasteiger partial charge in [0.15, 0.2) is 0 Å². The van der Waals surface area contributed by atoms with Crippen LogP contribution in [0.15, 0.2) is 59.4 Å². The zero-order valence-corrected chi connectivity index (χ0v) is 15.8. The minimum absolute atomic E-state index is 0.264. The van der Waals surface area contributed by atoms with Gasteiger partial charge in [-0.2, -0.15) is 5.10 Å². The molecule has 138 valence electrons. The maximum absolute atomic E-state index is 12.3. The average Bonchev–Trinajstić information content (AvgIpc) is 2.66. The number of methoxy groups -OCH3 is 1. The smallest absolute Gasteiger partial charge is 0.267 e. The summed E-state index contributed by atoms with van der Waals surface area (Å²) in [5, 5.41) is 7.68. The summed E-state index contributed by atoms with van der Waals surface area (Å²) >= 11 is 12.0. The molecule has 3 aromatic rings. The second-order valence-corrected chi connectivity index (χ2v) is 6.46. The lowest BCUT2D eigenvalue weighted by Gasteiger charge is -2.10. The Hall–Kier alpha value is -2.83. The fourth-order valence-corrected chi connectivity index (χ4v) is 2.75. The fraction of sp³-hybridized carbons (Fsp3) is 0.105. The first kappa shape index (κ1) is 18.9. The van der Waals surface area contributed by atoms with Gasteiger partial charge in [0.25, 0.3) is 5.56 Å². The molecule has 0 bridgehead atoms. The number of benzene rings is 2. The van der Waals surface area contributed by atoms with E-state index >= 15 is 0 Å². The Morgan fingerprint density at radius 1 is 1.15 bits per heavy atom. The molecular weight excluding hydrogens is 389 g/mol. The Morgan fingerprint density at radius 3 is 2.74 bits per heavy atom. The van der Waals surface area contributed by atoms with Gasteiger partial charge in [-0.3, -0.25) is 9.59 Å². The molecule has 3 rings (SSSR count). The van der Waals surface area contributed by atoms with E-state index in [1.807, 2.05) is 18.2 Å². The summed E-state index contributed by atoms with van der Waals surface area (Å²) in [4.78, 5) is 24.4. The Balaban J connectivity index is 1.83. The first-order chi connectivity index (χ1) is 13.0. The van der Waals surface area contributed by atoms with Gasteiger partial charge in [-0.1, -0.05) is 35.3 Å². The maximum atomic E-state index is 12.3. The van der Waals surface area contributed by atoms with Crippen LogP contribution in [0.25, 0.3) is 11.3 Å². The highest BCUT2D eigenvalue weighted by molar-refractivity contribution is 6.35. The van der Waals surface area contributed by atoms with Crippen LogP contribution < -0.4 is 15.6 Å². The molecule has 0 atom stereocenters. The van der Waals surface area contributed by atoms with E-state index in [2.05, 4.69) is 10.4 Å². The van der Waals surface area contributed by atoms with Crippen molar-refractivity contribution in [2.24, 2.45) is 0 Å². The van der Waals surface area contributed by atoms with Gasteiger partial charge in [-0.05, 0) is 36.4 Å². The molecule has 1 amide bonds. The number of anilines is 1. The largest absolute Gasteiger partial charge is 0.497 e. The van der Waals surface area contributed by atoms with Crippen molar-refractivity contribution in [2.75, 3.05) is 12.4 Å². The SMILES string of the molecule is COc1cccc(-c2ccc(=O)n(CC(=O)Nc3cc(Cl)ccc3Cl)n2)c1. The lowest BCUT2D eigenvalue weighted by atomic mass is 10.1. The maximum Gasteiger partial charge on any atom is 0.267 e. The van der Waals surface area contributed by atoms with Gasteiger partial charge in [-0.15, -0.1) is 0 Å². The molecular formula is C19H15Cl2N3O3. The summed E-state index contributed by atoms with van der Waals surface area (Å²) in [6.45, 7) is -0.264. The van der Waals surface area contributed by atoms with Crippen LogP contribution in [0, 0.1) is 0 Å². The Kier molecular flexibility index (Phi) is 5.78. The van der Waals surface area contributed by atoms with Gasteiger partial charge in [-0.25, -0.2) is 4.68 Å². The summed E-state index contributed by atoms with van der Waals surface area (Å²) in [6.07, 6.45) is 0. The number of hydrogen-bond donors (Lipinski definition) is 1. The second kappa shape index (κ2) is 8.24. The van der Waals surface area contributed by atoms with Crippen LogP contribution in [0.5, 0.6) is 5.75 Å². The van der Waals surface area contributed by atoms with Crippen molar-refractivity contribution >= 4 is 34.8 Å². The average molecular weight is 404 g/mol. The van der Waals surface area contributed by atoms with Crippen molar-refractivity contribution in [3.05, 3.63) is 75.0 Å². The molecule has 0 fully saturated rings. The van der Waals surface area contributed by atoms with Crippen LogP contribution in [0.1, 0.15) is 0 Å². The highest BCUT2D eigenvalue weighted by Gasteiger charge is 2.11. The summed E-state index contributed by atoms with van der Waals surface area (Å²) in [6, 6.07) is 14.9. The highest BCUT2D eigenvalue weighted by atomic mass is 35.5. The fourth-order valence-electron chi connectivity index (χ4n) is 2.42. The van der Waals surface area contributed by atoms with Crippen molar-refractivity contribution in [3.8, 4) is 17.0 Å². The Morgan fingerprint density at radius 2 is 1.96 bits per heavy atom. The molecule has 0 unspecified atom stereocenters. The van der Waals surface area contributed by atoms with Crippen molar-refractivity contribution in [1.82, 2.24) is 9.78 Å². The number of ether oxygens (including phenoxy) is 1. The van der Waals surface area contributed by atoms with Crippen LogP contribution >= 0.6 is 23.2 Å². The predicted molar refractivity (Wildman–Crippen MR) is 106 cm³/mol. The molecule has 1 N–H and O–H groups in total. The molecule has 27 heavy (non-hydrogen) atoms. The van der Waals surface area contributed by atoms with Crippen molar-refractivity contribution < 1.29 is 9.53 Å². The standard InChI is InChI=1S/C19H15Cl2N3O3/c1-27-14-4-2-3-12(9-14)16-7-8-19(26)24(23-16)11-18(25)22-17-10-13(20)5-6-15(17)21/h2-10H,11H2,1H3,(H,22,25). The van der Waals surface area contributed by atoms with Gasteiger partial charge in [0.05, 0.1) is 23.5 Å². The normalized spacial score (nSPS) is 10.5. The molecule has 6 nitrogen and oxygen atoms in total. The van der Waals surface area contributed by atoms with Crippen LogP contribution in [0.3, 0.4) is 0 Å². The summed E-state index contributed by atoms with van der Waals surface area (Å²) in [5.74, 6) is 0.219. The third-order valence-corrected chi connectivity index (χ3v) is 4.29. The third kappa shape index (κ3) is 4.67. The molecule has 0 aliphatic rings. The number of hydrogen-bond acceptors (Lipinski definition) is 4. The minimum atomic E-state index is -0.448. The number of carbonyl (C=O) groups is 1. The number of rotatable bonds is 5. The Bertz CT molecular complexity index is 1050. The number of aromatic nitrogens is 2. The van der Waals surface area contributed by atoms with Gasteiger partial charge in [0.1, 0.15) is 12.3 Å². The van der Waals surface area contributed by atoms with Crippen LogP contribution in [-0.4, -0.2) is 22.8 Å². The van der Waals surface area contributed by atoms with E-state index in [1.165, 1.54) is 12.1 Å². The number of amides is 1. The molecule has 8 heteroatoms. The highest BCUT2D eigenvalue weighted by Crippen LogP contribution is 2.25. The summed E-state index contributed by atoms with van der Waals surface area (Å²) in [7, 11) is 1.57. The van der Waals surface area contributed by atoms with Crippen LogP contribution in [-0.2, 0) is 11.3 Å². The molecule has 1 aromatic heterocycles. The van der Waals surface area contributed by atoms with Crippen molar-refractivity contribution in [1.29, 1.82) is 0 Å². The molecule has 0 saturated heterocycles. The molecule has 1 heterocycles. The van der Waals surface area contributed by atoms with Gasteiger partial charge < -0.3 is 10.1 Å². The predicted octanol–water partition coefficient (Wildman–Crippen LogP) is 3.86. The Labute approximate surface area is 165 Å². The summed E-state index contributed by atoms with van der Waals surface area (Å²) < 4.78 is 6.28. The first-order valence-corrected chi connectivity index (χ1v) is 8.69. The number of carbonyl (C=O) groups excluding carboxylic acids is 1. The van der Waals surface area contributed by atoms with E-state index in [-0.39, 0.29) is 6.54 Å². The molecule has 0 saturated carbocycles. The quantitative estimate of drug-likeness (QED) is 0.701. The zero-order chi connectivity index (χ0) is 19.4. The molecule has 0 radical (unpaired) electrons. The monoisotopic (exact) mass is 403 g/mol. The van der Waals surface area contributed by atoms with E-state index < -0.39 is 11.5 Å². The van der Waals surface area contributed by atoms with E-state index in [4.69, 9.17) is 27.9 Å². The van der Waals surface area contributed by atoms with Gasteiger partial charge in [0.2, 0.25) is 5.91 Å². The van der Waals surface area contributed by atoms with Crippen LogP contribution in [0.2, 0.25) is 10.0 Å². The van der Waals surface area contributed by atoms with Gasteiger partial charge in [0, 0.05) is 16.7 Å². The number of nitrogens with one attached hydrogen (secondary N) is 1. The first-order valence-electron chi connectivity index (χ1n) is 7.94. The van der Waals surface area contributed by atoms with Crippen molar-refractivity contribution in [2.45, 2.75) is 6.54 Å².